The molecule has 0 unspecified atom stereocenters. The number of carbonyl (C=O) groups excluding carboxylic acids is 3. The van der Waals surface area contributed by atoms with E-state index in [1.54, 1.807) is 25.7 Å². The second kappa shape index (κ2) is 6.50. The lowest BCUT2D eigenvalue weighted by atomic mass is 9.85. The van der Waals surface area contributed by atoms with Gasteiger partial charge in [-0.2, -0.15) is 0 Å². The largest absolute Gasteiger partial charge is 0.444 e. The van der Waals surface area contributed by atoms with Crippen LogP contribution in [0.5, 0.6) is 0 Å². The molecule has 0 atom stereocenters. The number of nitrogens with zero attached hydrogens (tertiary/aromatic N) is 2. The zero-order valence-electron chi connectivity index (χ0n) is 16.2. The van der Waals surface area contributed by atoms with Crippen LogP contribution in [0.2, 0.25) is 0 Å². The predicted octanol–water partition coefficient (Wildman–Crippen LogP) is 3.31. The van der Waals surface area contributed by atoms with E-state index >= 15 is 0 Å². The van der Waals surface area contributed by atoms with Crippen molar-refractivity contribution in [2.45, 2.75) is 84.0 Å². The van der Waals surface area contributed by atoms with Gasteiger partial charge in [0.1, 0.15) is 11.2 Å². The Morgan fingerprint density at radius 2 is 1.36 bits per heavy atom. The molecule has 0 aromatic heterocycles. The van der Waals surface area contributed by atoms with Crippen LogP contribution in [0.1, 0.15) is 67.2 Å². The summed E-state index contributed by atoms with van der Waals surface area (Å²) in [4.78, 5) is 40.0. The Kier molecular flexibility index (Phi) is 5.08. The molecule has 0 N–H and O–H groups in total. The Morgan fingerprint density at radius 3 is 1.84 bits per heavy atom. The molecule has 2 aliphatic heterocycles. The third-order valence-corrected chi connectivity index (χ3v) is 4.45. The highest BCUT2D eigenvalue weighted by molar-refractivity contribution is 5.95. The summed E-state index contributed by atoms with van der Waals surface area (Å²) in [6, 6.07) is 0. The number of ether oxygens (including phenoxy) is 2. The number of likely N-dealkylation sites (tertiary alicyclic amines) is 2. The normalized spacial score (nSPS) is 20.8. The van der Waals surface area contributed by atoms with Crippen molar-refractivity contribution in [3.8, 4) is 0 Å². The number of rotatable bonds is 0. The Balaban J connectivity index is 2.06. The van der Waals surface area contributed by atoms with Crippen LogP contribution < -0.4 is 0 Å². The predicted molar refractivity (Wildman–Crippen MR) is 92.1 cm³/mol. The van der Waals surface area contributed by atoms with Gasteiger partial charge >= 0.3 is 12.2 Å². The first-order chi connectivity index (χ1) is 11.3. The molecule has 7 nitrogen and oxygen atoms in total. The van der Waals surface area contributed by atoms with Gasteiger partial charge in [0.2, 0.25) is 5.91 Å². The van der Waals surface area contributed by atoms with E-state index in [1.165, 1.54) is 4.90 Å². The van der Waals surface area contributed by atoms with Crippen LogP contribution >= 0.6 is 0 Å². The summed E-state index contributed by atoms with van der Waals surface area (Å²) in [6.45, 7) is 11.8. The second-order valence-electron chi connectivity index (χ2n) is 8.90. The summed E-state index contributed by atoms with van der Waals surface area (Å²) in [5.74, 6) is -0.194. The highest BCUT2D eigenvalue weighted by Gasteiger charge is 2.52. The fourth-order valence-electron chi connectivity index (χ4n) is 3.34. The first kappa shape index (κ1) is 19.5. The molecule has 7 heteroatoms. The smallest absolute Gasteiger partial charge is 0.417 e. The van der Waals surface area contributed by atoms with Crippen LogP contribution in [0.15, 0.2) is 0 Å². The Bertz CT molecular complexity index is 551. The van der Waals surface area contributed by atoms with Gasteiger partial charge in [-0.05, 0) is 60.8 Å². The van der Waals surface area contributed by atoms with Crippen molar-refractivity contribution in [3.05, 3.63) is 0 Å². The fraction of sp³-hybridized carbons (Fsp3) is 0.833. The topological polar surface area (TPSA) is 76.2 Å². The molecule has 0 saturated carbocycles. The van der Waals surface area contributed by atoms with Crippen molar-refractivity contribution in [1.82, 2.24) is 9.80 Å². The van der Waals surface area contributed by atoms with E-state index in [2.05, 4.69) is 0 Å². The molecule has 3 amide bonds. The summed E-state index contributed by atoms with van der Waals surface area (Å²) >= 11 is 0. The molecule has 0 aromatic carbocycles. The Hall–Kier alpha value is -1.79. The van der Waals surface area contributed by atoms with Crippen molar-refractivity contribution < 1.29 is 23.9 Å². The number of imide groups is 1. The van der Waals surface area contributed by atoms with Crippen molar-refractivity contribution in [3.63, 3.8) is 0 Å². The summed E-state index contributed by atoms with van der Waals surface area (Å²) < 4.78 is 10.8. The third-order valence-electron chi connectivity index (χ3n) is 4.45. The minimum Gasteiger partial charge on any atom is -0.444 e. The van der Waals surface area contributed by atoms with Gasteiger partial charge in [-0.1, -0.05) is 0 Å². The van der Waals surface area contributed by atoms with Crippen LogP contribution in [-0.4, -0.2) is 57.7 Å². The molecule has 0 bridgehead atoms. The lowest BCUT2D eigenvalue weighted by Gasteiger charge is -2.43. The average Bonchev–Trinajstić information content (AvgIpc) is 2.72. The molecule has 2 aliphatic rings. The van der Waals surface area contributed by atoms with E-state index in [1.807, 2.05) is 20.8 Å². The maximum atomic E-state index is 12.5. The van der Waals surface area contributed by atoms with Gasteiger partial charge in [0.15, 0.2) is 0 Å². The quantitative estimate of drug-likeness (QED) is 0.667. The Morgan fingerprint density at radius 1 is 0.880 bits per heavy atom. The standard InChI is InChI=1S/C18H30N2O5/c1-16(2,3)24-14(22)19-11-9-18(10-12-19)8-7-13(21)20(18)15(23)25-17(4,5)6/h7-12H2,1-6H3. The van der Waals surface area contributed by atoms with E-state index in [-0.39, 0.29) is 12.0 Å². The zero-order chi connectivity index (χ0) is 19.0. The Labute approximate surface area is 149 Å². The highest BCUT2D eigenvalue weighted by atomic mass is 16.6. The number of hydrogen-bond acceptors (Lipinski definition) is 5. The molecule has 142 valence electrons. The molecule has 0 aliphatic carbocycles. The number of amides is 3. The molecule has 0 aromatic rings. The summed E-state index contributed by atoms with van der Waals surface area (Å²) in [7, 11) is 0. The van der Waals surface area contributed by atoms with Crippen LogP contribution in [0.3, 0.4) is 0 Å². The van der Waals surface area contributed by atoms with Crippen molar-refractivity contribution in [1.29, 1.82) is 0 Å². The van der Waals surface area contributed by atoms with E-state index in [4.69, 9.17) is 9.47 Å². The summed E-state index contributed by atoms with van der Waals surface area (Å²) in [5.41, 5.74) is -1.74. The molecule has 2 heterocycles. The molecule has 1 spiro atoms. The number of piperidine rings is 1. The van der Waals surface area contributed by atoms with Crippen molar-refractivity contribution >= 4 is 18.1 Å². The van der Waals surface area contributed by atoms with E-state index in [0.717, 1.165) is 0 Å². The molecular formula is C18H30N2O5. The van der Waals surface area contributed by atoms with Crippen LogP contribution in [-0.2, 0) is 14.3 Å². The zero-order valence-corrected chi connectivity index (χ0v) is 16.2. The minimum absolute atomic E-state index is 0.194. The van der Waals surface area contributed by atoms with Crippen LogP contribution in [0.4, 0.5) is 9.59 Å². The van der Waals surface area contributed by atoms with Gasteiger partial charge in [-0.3, -0.25) is 4.79 Å². The number of hydrogen-bond donors (Lipinski definition) is 0. The average molecular weight is 354 g/mol. The molecule has 0 radical (unpaired) electrons. The van der Waals surface area contributed by atoms with E-state index in [9.17, 15) is 14.4 Å². The van der Waals surface area contributed by atoms with Crippen LogP contribution in [0.25, 0.3) is 0 Å². The molecule has 2 rings (SSSR count). The van der Waals surface area contributed by atoms with Gasteiger partial charge in [-0.15, -0.1) is 0 Å². The van der Waals surface area contributed by atoms with Gasteiger partial charge in [0.05, 0.1) is 5.54 Å². The monoisotopic (exact) mass is 354 g/mol. The maximum Gasteiger partial charge on any atom is 0.417 e. The maximum absolute atomic E-state index is 12.5. The van der Waals surface area contributed by atoms with Crippen molar-refractivity contribution in [2.24, 2.45) is 0 Å². The lowest BCUT2D eigenvalue weighted by molar-refractivity contribution is -0.131. The fourth-order valence-corrected chi connectivity index (χ4v) is 3.34. The molecule has 2 fully saturated rings. The van der Waals surface area contributed by atoms with Gasteiger partial charge in [-0.25, -0.2) is 14.5 Å². The van der Waals surface area contributed by atoms with Gasteiger partial charge in [0, 0.05) is 19.5 Å². The second-order valence-corrected chi connectivity index (χ2v) is 8.90. The van der Waals surface area contributed by atoms with E-state index in [0.29, 0.717) is 38.8 Å². The minimum atomic E-state index is -0.654. The first-order valence-electron chi connectivity index (χ1n) is 8.87. The summed E-state index contributed by atoms with van der Waals surface area (Å²) in [6.07, 6.45) is 1.13. The van der Waals surface area contributed by atoms with Crippen molar-refractivity contribution in [2.75, 3.05) is 13.1 Å². The van der Waals surface area contributed by atoms with Gasteiger partial charge < -0.3 is 14.4 Å². The van der Waals surface area contributed by atoms with E-state index < -0.39 is 22.8 Å². The third kappa shape index (κ3) is 4.64. The van der Waals surface area contributed by atoms with Gasteiger partial charge in [0.25, 0.3) is 0 Å². The molecule has 25 heavy (non-hydrogen) atoms. The lowest BCUT2D eigenvalue weighted by Crippen LogP contribution is -2.57. The first-order valence-corrected chi connectivity index (χ1v) is 8.87. The molecule has 2 saturated heterocycles. The summed E-state index contributed by atoms with van der Waals surface area (Å²) in [5, 5.41) is 0. The van der Waals surface area contributed by atoms with Crippen LogP contribution in [0, 0.1) is 0 Å². The highest BCUT2D eigenvalue weighted by Crippen LogP contribution is 2.40. The molecular weight excluding hydrogens is 324 g/mol. The number of carbonyl (C=O) groups is 3. The SMILES string of the molecule is CC(C)(C)OC(=O)N1CCC2(CCC(=O)N2C(=O)OC(C)(C)C)CC1.